The summed E-state index contributed by atoms with van der Waals surface area (Å²) in [5.41, 5.74) is 2.27. The Hall–Kier alpha value is -2.41. The van der Waals surface area contributed by atoms with Gasteiger partial charge in [-0.25, -0.2) is 4.98 Å². The van der Waals surface area contributed by atoms with Crippen LogP contribution in [0.1, 0.15) is 12.8 Å². The number of imidazole rings is 1. The van der Waals surface area contributed by atoms with E-state index in [1.165, 1.54) is 0 Å². The van der Waals surface area contributed by atoms with E-state index in [-0.39, 0.29) is 12.6 Å². The summed E-state index contributed by atoms with van der Waals surface area (Å²) in [6.45, 7) is 0.979. The van der Waals surface area contributed by atoms with E-state index in [1.807, 2.05) is 12.1 Å². The highest BCUT2D eigenvalue weighted by atomic mass is 16.3. The summed E-state index contributed by atoms with van der Waals surface area (Å²) >= 11 is 0. The van der Waals surface area contributed by atoms with Crippen LogP contribution in [0.15, 0.2) is 29.1 Å². The molecule has 0 amide bonds. The highest BCUT2D eigenvalue weighted by molar-refractivity contribution is 5.84. The standard InChI is InChI=1S/C14H15N5O2/c20-7-9-3-1-5-19(9)14-17-11(10-4-2-6-21-10)12-13(18-14)16-8-15-12/h2,4,6,8-9,20H,1,3,5,7H2,(H,15,16,17,18)/p+1/t9-/m1/s1. The maximum absolute atomic E-state index is 9.49. The molecule has 7 heteroatoms. The molecule has 1 fully saturated rings. The lowest BCUT2D eigenvalue weighted by molar-refractivity contribution is -0.347. The van der Waals surface area contributed by atoms with Crippen LogP contribution in [-0.4, -0.2) is 39.3 Å². The van der Waals surface area contributed by atoms with Crippen LogP contribution in [0.2, 0.25) is 0 Å². The summed E-state index contributed by atoms with van der Waals surface area (Å²) in [7, 11) is 0. The number of hydrogen-bond acceptors (Lipinski definition) is 5. The minimum atomic E-state index is 0.0887. The Labute approximate surface area is 120 Å². The molecule has 0 aliphatic carbocycles. The van der Waals surface area contributed by atoms with Crippen molar-refractivity contribution in [2.75, 3.05) is 18.1 Å². The second-order valence-corrected chi connectivity index (χ2v) is 5.18. The fraction of sp³-hybridized carbons (Fsp3) is 0.357. The Bertz CT molecular complexity index is 752. The molecule has 21 heavy (non-hydrogen) atoms. The van der Waals surface area contributed by atoms with E-state index in [0.29, 0.717) is 11.7 Å². The molecule has 1 aliphatic rings. The fourth-order valence-electron chi connectivity index (χ4n) is 2.88. The molecule has 7 nitrogen and oxygen atoms in total. The number of nitrogens with one attached hydrogen (secondary N) is 2. The molecule has 0 saturated carbocycles. The van der Waals surface area contributed by atoms with E-state index in [0.717, 1.165) is 36.2 Å². The first-order valence-corrected chi connectivity index (χ1v) is 7.05. The Morgan fingerprint density at radius 2 is 2.43 bits per heavy atom. The second-order valence-electron chi connectivity index (χ2n) is 5.18. The first-order chi connectivity index (χ1) is 10.4. The average molecular weight is 286 g/mol. The lowest BCUT2D eigenvalue weighted by Crippen LogP contribution is -2.33. The molecule has 1 atom stereocenters. The van der Waals surface area contributed by atoms with Crippen molar-refractivity contribution in [3.05, 3.63) is 24.7 Å². The van der Waals surface area contributed by atoms with Gasteiger partial charge in [-0.3, -0.25) is 4.98 Å². The lowest BCUT2D eigenvalue weighted by atomic mass is 10.2. The third-order valence-corrected chi connectivity index (χ3v) is 3.92. The molecule has 3 aromatic heterocycles. The molecule has 1 aliphatic heterocycles. The van der Waals surface area contributed by atoms with E-state index < -0.39 is 0 Å². The molecule has 0 aromatic carbocycles. The van der Waals surface area contributed by atoms with Crippen LogP contribution in [0.4, 0.5) is 5.95 Å². The van der Waals surface area contributed by atoms with E-state index in [1.54, 1.807) is 12.6 Å². The van der Waals surface area contributed by atoms with Gasteiger partial charge in [-0.15, -0.1) is 0 Å². The molecule has 0 unspecified atom stereocenters. The van der Waals surface area contributed by atoms with Crippen LogP contribution in [0, 0.1) is 0 Å². The van der Waals surface area contributed by atoms with Gasteiger partial charge in [-0.2, -0.15) is 4.98 Å². The van der Waals surface area contributed by atoms with Gasteiger partial charge in [0.15, 0.2) is 17.8 Å². The van der Waals surface area contributed by atoms with Crippen molar-refractivity contribution in [3.63, 3.8) is 0 Å². The number of aliphatic hydroxyl groups is 1. The number of fused-ring (bicyclic) bond motifs is 1. The summed E-state index contributed by atoms with van der Waals surface area (Å²) in [6, 6.07) is 3.80. The van der Waals surface area contributed by atoms with Crippen molar-refractivity contribution in [1.82, 2.24) is 15.0 Å². The molecule has 0 bridgehead atoms. The number of rotatable bonds is 3. The molecule has 4 heterocycles. The summed E-state index contributed by atoms with van der Waals surface area (Å²) in [6.07, 6.45) is 5.36. The van der Waals surface area contributed by atoms with Gasteiger partial charge in [0, 0.05) is 6.54 Å². The minimum absolute atomic E-state index is 0.0887. The number of hydrogen-bond donors (Lipinski definition) is 2. The number of aromatic nitrogens is 4. The van der Waals surface area contributed by atoms with Crippen LogP contribution >= 0.6 is 0 Å². The number of anilines is 1. The molecule has 3 N–H and O–H groups in total. The second kappa shape index (κ2) is 4.85. The van der Waals surface area contributed by atoms with Crippen LogP contribution in [0.5, 0.6) is 0 Å². The Kier molecular flexibility index (Phi) is 2.85. The minimum Gasteiger partial charge on any atom is -0.463 e. The van der Waals surface area contributed by atoms with Crippen LogP contribution < -0.4 is 9.88 Å². The lowest BCUT2D eigenvalue weighted by Gasteiger charge is -2.20. The van der Waals surface area contributed by atoms with Crippen molar-refractivity contribution < 1.29 is 14.5 Å². The Morgan fingerprint density at radius 1 is 1.48 bits per heavy atom. The predicted molar refractivity (Wildman–Crippen MR) is 75.6 cm³/mol. The Balaban J connectivity index is 1.87. The maximum atomic E-state index is 9.49. The molecule has 0 radical (unpaired) electrons. The van der Waals surface area contributed by atoms with Gasteiger partial charge in [0.1, 0.15) is 0 Å². The predicted octanol–water partition coefficient (Wildman–Crippen LogP) is 0.993. The molecule has 108 valence electrons. The molecular formula is C14H16N5O2+. The largest absolute Gasteiger partial charge is 0.463 e. The van der Waals surface area contributed by atoms with Crippen molar-refractivity contribution in [2.45, 2.75) is 18.9 Å². The molecule has 1 saturated heterocycles. The van der Waals surface area contributed by atoms with Gasteiger partial charge >= 0.3 is 11.6 Å². The summed E-state index contributed by atoms with van der Waals surface area (Å²) in [4.78, 5) is 17.5. The number of aliphatic hydroxyl groups excluding tert-OH is 1. The zero-order valence-electron chi connectivity index (χ0n) is 11.4. The molecule has 0 spiro atoms. The SMILES string of the molecule is OC[C@H]1CCCN1c1nc(-c2ccco2)c2[nH]c[nH+]c2n1. The van der Waals surface area contributed by atoms with Gasteiger partial charge in [0.2, 0.25) is 5.52 Å². The van der Waals surface area contributed by atoms with Crippen LogP contribution in [-0.2, 0) is 0 Å². The quantitative estimate of drug-likeness (QED) is 0.749. The molecular weight excluding hydrogens is 270 g/mol. The highest BCUT2D eigenvalue weighted by Crippen LogP contribution is 2.28. The van der Waals surface area contributed by atoms with E-state index in [9.17, 15) is 5.11 Å². The summed E-state index contributed by atoms with van der Waals surface area (Å²) < 4.78 is 5.48. The average Bonchev–Trinajstić information content (AvgIpc) is 3.25. The van der Waals surface area contributed by atoms with Crippen molar-refractivity contribution >= 4 is 17.1 Å². The van der Waals surface area contributed by atoms with Crippen molar-refractivity contribution in [2.24, 2.45) is 0 Å². The molecule has 3 aromatic rings. The number of aromatic amines is 2. The normalized spacial score (nSPS) is 18.7. The highest BCUT2D eigenvalue weighted by Gasteiger charge is 2.30. The van der Waals surface area contributed by atoms with E-state index in [4.69, 9.17) is 4.42 Å². The smallest absolute Gasteiger partial charge is 0.305 e. The topological polar surface area (TPSA) is 92.3 Å². The first kappa shape index (κ1) is 12.3. The summed E-state index contributed by atoms with van der Waals surface area (Å²) in [5, 5.41) is 9.49. The Morgan fingerprint density at radius 3 is 3.24 bits per heavy atom. The monoisotopic (exact) mass is 286 g/mol. The molecule has 4 rings (SSSR count). The van der Waals surface area contributed by atoms with Gasteiger partial charge in [0.05, 0.1) is 18.9 Å². The zero-order chi connectivity index (χ0) is 14.2. The number of H-pyrrole nitrogens is 2. The van der Waals surface area contributed by atoms with Gasteiger partial charge in [-0.05, 0) is 25.0 Å². The summed E-state index contributed by atoms with van der Waals surface area (Å²) in [5.74, 6) is 1.32. The third-order valence-electron chi connectivity index (χ3n) is 3.92. The van der Waals surface area contributed by atoms with Crippen LogP contribution in [0.25, 0.3) is 22.6 Å². The number of furan rings is 1. The van der Waals surface area contributed by atoms with Crippen LogP contribution in [0.3, 0.4) is 0 Å². The van der Waals surface area contributed by atoms with Crippen molar-refractivity contribution in [1.29, 1.82) is 0 Å². The van der Waals surface area contributed by atoms with Crippen molar-refractivity contribution in [3.8, 4) is 11.5 Å². The first-order valence-electron chi connectivity index (χ1n) is 7.05. The zero-order valence-corrected chi connectivity index (χ0v) is 11.4. The van der Waals surface area contributed by atoms with E-state index >= 15 is 0 Å². The van der Waals surface area contributed by atoms with Gasteiger partial charge in [-0.1, -0.05) is 4.98 Å². The fourth-order valence-corrected chi connectivity index (χ4v) is 2.88. The van der Waals surface area contributed by atoms with E-state index in [2.05, 4.69) is 24.8 Å². The van der Waals surface area contributed by atoms with Gasteiger partial charge in [0.25, 0.3) is 0 Å². The maximum Gasteiger partial charge on any atom is 0.305 e. The van der Waals surface area contributed by atoms with Gasteiger partial charge < -0.3 is 14.4 Å². The number of nitrogens with zero attached hydrogens (tertiary/aromatic N) is 3. The third kappa shape index (κ3) is 1.97.